The summed E-state index contributed by atoms with van der Waals surface area (Å²) in [5, 5.41) is 4.76. The summed E-state index contributed by atoms with van der Waals surface area (Å²) in [4.78, 5) is 6.50. The molecule has 0 amide bonds. The number of nitrogens with one attached hydrogen (secondary N) is 1. The first-order chi connectivity index (χ1) is 12.5. The summed E-state index contributed by atoms with van der Waals surface area (Å²) in [5.74, 6) is 1.62. The molecule has 1 saturated heterocycles. The van der Waals surface area contributed by atoms with Crippen LogP contribution in [-0.2, 0) is 0 Å². The number of furan rings is 1. The van der Waals surface area contributed by atoms with Gasteiger partial charge in [-0.05, 0) is 55.0 Å². The third-order valence-electron chi connectivity index (χ3n) is 4.71. The van der Waals surface area contributed by atoms with Crippen LogP contribution < -0.4 is 5.32 Å². The van der Waals surface area contributed by atoms with Crippen molar-refractivity contribution in [1.82, 2.24) is 15.2 Å². The monoisotopic (exact) mass is 383 g/mol. The van der Waals surface area contributed by atoms with E-state index in [1.807, 2.05) is 67.4 Å². The Labute approximate surface area is 162 Å². The molecular weight excluding hydrogens is 366 g/mol. The van der Waals surface area contributed by atoms with Gasteiger partial charge < -0.3 is 14.6 Å². The number of hydrogen-bond acceptors (Lipinski definition) is 3. The molecule has 1 N–H and O–H groups in total. The summed E-state index contributed by atoms with van der Waals surface area (Å²) in [6, 6.07) is 15.7. The molecule has 0 unspecified atom stereocenters. The van der Waals surface area contributed by atoms with E-state index in [-0.39, 0.29) is 12.1 Å². The zero-order valence-corrected chi connectivity index (χ0v) is 16.0. The summed E-state index contributed by atoms with van der Waals surface area (Å²) in [7, 11) is 1.97. The quantitative estimate of drug-likeness (QED) is 0.651. The lowest BCUT2D eigenvalue weighted by atomic mass is 10.0. The lowest BCUT2D eigenvalue weighted by molar-refractivity contribution is 0.310. The number of rotatable bonds is 3. The van der Waals surface area contributed by atoms with Crippen LogP contribution in [0, 0.1) is 6.92 Å². The Bertz CT molecular complexity index is 957. The molecule has 0 spiro atoms. The fourth-order valence-electron chi connectivity index (χ4n) is 3.23. The highest BCUT2D eigenvalue weighted by Gasteiger charge is 2.39. The van der Waals surface area contributed by atoms with Crippen LogP contribution in [0.3, 0.4) is 0 Å². The molecule has 0 saturated carbocycles. The molecule has 2 aromatic heterocycles. The van der Waals surface area contributed by atoms with Crippen molar-refractivity contribution >= 4 is 28.9 Å². The number of halogens is 1. The third-order valence-corrected chi connectivity index (χ3v) is 5.53. The molecule has 1 aliphatic rings. The summed E-state index contributed by atoms with van der Waals surface area (Å²) < 4.78 is 6.19. The molecule has 3 aromatic rings. The molecule has 26 heavy (non-hydrogen) atoms. The van der Waals surface area contributed by atoms with Gasteiger partial charge in [-0.15, -0.1) is 0 Å². The Morgan fingerprint density at radius 3 is 2.77 bits per heavy atom. The number of aryl methyl sites for hydroxylation is 1. The number of aromatic nitrogens is 1. The van der Waals surface area contributed by atoms with Crippen molar-refractivity contribution in [3.05, 3.63) is 76.8 Å². The summed E-state index contributed by atoms with van der Waals surface area (Å²) in [5.41, 5.74) is 2.93. The summed E-state index contributed by atoms with van der Waals surface area (Å²) in [6.45, 7) is 1.98. The zero-order chi connectivity index (χ0) is 18.3. The number of likely N-dealkylation sites (N-methyl/N-ethyl adjacent to an activating group) is 1. The van der Waals surface area contributed by atoms with E-state index >= 15 is 0 Å². The second-order valence-electron chi connectivity index (χ2n) is 6.40. The Morgan fingerprint density at radius 2 is 2.04 bits per heavy atom. The second kappa shape index (κ2) is 6.74. The minimum Gasteiger partial charge on any atom is -0.459 e. The average molecular weight is 384 g/mol. The average Bonchev–Trinajstić information content (AvgIpc) is 3.24. The fraction of sp³-hybridized carbons (Fsp3) is 0.200. The van der Waals surface area contributed by atoms with E-state index in [4.69, 9.17) is 28.2 Å². The van der Waals surface area contributed by atoms with Crippen molar-refractivity contribution in [2.24, 2.45) is 0 Å². The smallest absolute Gasteiger partial charge is 0.170 e. The van der Waals surface area contributed by atoms with E-state index < -0.39 is 0 Å². The first-order valence-electron chi connectivity index (χ1n) is 8.35. The van der Waals surface area contributed by atoms with Crippen LogP contribution in [-0.4, -0.2) is 22.0 Å². The van der Waals surface area contributed by atoms with Crippen LogP contribution >= 0.6 is 23.8 Å². The molecule has 1 aromatic carbocycles. The Morgan fingerprint density at radius 1 is 1.19 bits per heavy atom. The van der Waals surface area contributed by atoms with Crippen LogP contribution in [0.4, 0.5) is 0 Å². The van der Waals surface area contributed by atoms with Gasteiger partial charge in [0.05, 0.1) is 11.7 Å². The third kappa shape index (κ3) is 2.97. The molecule has 0 radical (unpaired) electrons. The van der Waals surface area contributed by atoms with Gasteiger partial charge in [0, 0.05) is 23.8 Å². The minimum absolute atomic E-state index is 0.0608. The molecular formula is C20H18ClN3OS. The number of nitrogens with zero attached hydrogens (tertiary/aromatic N) is 2. The molecule has 2 atom stereocenters. The number of hydrogen-bond donors (Lipinski definition) is 1. The highest BCUT2D eigenvalue weighted by molar-refractivity contribution is 7.80. The van der Waals surface area contributed by atoms with E-state index in [0.717, 1.165) is 33.4 Å². The van der Waals surface area contributed by atoms with Gasteiger partial charge in [-0.1, -0.05) is 29.8 Å². The second-order valence-corrected chi connectivity index (χ2v) is 7.20. The lowest BCUT2D eigenvalue weighted by Gasteiger charge is -2.21. The first-order valence-corrected chi connectivity index (χ1v) is 9.14. The predicted octanol–water partition coefficient (Wildman–Crippen LogP) is 4.91. The molecule has 4 nitrogen and oxygen atoms in total. The van der Waals surface area contributed by atoms with Crippen molar-refractivity contribution in [2.75, 3.05) is 7.05 Å². The van der Waals surface area contributed by atoms with Gasteiger partial charge in [0.15, 0.2) is 5.11 Å². The topological polar surface area (TPSA) is 41.3 Å². The van der Waals surface area contributed by atoms with E-state index in [0.29, 0.717) is 5.11 Å². The predicted molar refractivity (Wildman–Crippen MR) is 107 cm³/mol. The van der Waals surface area contributed by atoms with Gasteiger partial charge in [0.2, 0.25) is 0 Å². The van der Waals surface area contributed by atoms with E-state index in [9.17, 15) is 0 Å². The van der Waals surface area contributed by atoms with Crippen molar-refractivity contribution in [1.29, 1.82) is 0 Å². The number of benzene rings is 1. The standard InChI is InChI=1S/C20H18ClN3OS/c1-12-6-7-13(11-14(12)21)16-8-9-17(25-16)19-18(23-20(26)24(19)2)15-5-3-4-10-22-15/h3-11,18-19H,1-2H3,(H,23,26)/t18-,19+/m1/s1. The van der Waals surface area contributed by atoms with Crippen LogP contribution in [0.25, 0.3) is 11.3 Å². The fourth-order valence-corrected chi connectivity index (χ4v) is 3.65. The van der Waals surface area contributed by atoms with Crippen molar-refractivity contribution in [3.63, 3.8) is 0 Å². The molecule has 1 fully saturated rings. The van der Waals surface area contributed by atoms with Gasteiger partial charge in [-0.25, -0.2) is 0 Å². The van der Waals surface area contributed by atoms with Crippen LogP contribution in [0.15, 0.2) is 59.1 Å². The molecule has 0 bridgehead atoms. The Kier molecular flexibility index (Phi) is 4.42. The molecule has 1 aliphatic heterocycles. The maximum Gasteiger partial charge on any atom is 0.170 e. The maximum absolute atomic E-state index is 6.26. The molecule has 6 heteroatoms. The SMILES string of the molecule is Cc1ccc(-c2ccc([C@H]3[C@@H](c4ccccn4)NC(=S)N3C)o2)cc1Cl. The normalized spacial score (nSPS) is 19.7. The number of pyridine rings is 1. The Hall–Kier alpha value is -2.37. The minimum atomic E-state index is -0.0629. The van der Waals surface area contributed by atoms with Gasteiger partial charge >= 0.3 is 0 Å². The van der Waals surface area contributed by atoms with Crippen LogP contribution in [0.5, 0.6) is 0 Å². The van der Waals surface area contributed by atoms with Crippen LogP contribution in [0.2, 0.25) is 5.02 Å². The van der Waals surface area contributed by atoms with E-state index in [1.54, 1.807) is 6.20 Å². The lowest BCUT2D eigenvalue weighted by Crippen LogP contribution is -2.24. The Balaban J connectivity index is 1.70. The van der Waals surface area contributed by atoms with Gasteiger partial charge in [0.25, 0.3) is 0 Å². The highest BCUT2D eigenvalue weighted by Crippen LogP contribution is 2.39. The van der Waals surface area contributed by atoms with Crippen molar-refractivity contribution in [2.45, 2.75) is 19.0 Å². The van der Waals surface area contributed by atoms with E-state index in [2.05, 4.69) is 10.3 Å². The molecule has 3 heterocycles. The summed E-state index contributed by atoms with van der Waals surface area (Å²) >= 11 is 11.7. The summed E-state index contributed by atoms with van der Waals surface area (Å²) in [6.07, 6.45) is 1.79. The van der Waals surface area contributed by atoms with E-state index in [1.165, 1.54) is 0 Å². The first kappa shape index (κ1) is 17.1. The molecule has 132 valence electrons. The van der Waals surface area contributed by atoms with Gasteiger partial charge in [-0.2, -0.15) is 0 Å². The number of thiocarbonyl (C=S) groups is 1. The van der Waals surface area contributed by atoms with Crippen LogP contribution in [0.1, 0.15) is 29.1 Å². The molecule has 0 aliphatic carbocycles. The van der Waals surface area contributed by atoms with Crippen molar-refractivity contribution in [3.8, 4) is 11.3 Å². The maximum atomic E-state index is 6.26. The largest absolute Gasteiger partial charge is 0.459 e. The highest BCUT2D eigenvalue weighted by atomic mass is 35.5. The van der Waals surface area contributed by atoms with Gasteiger partial charge in [0.1, 0.15) is 17.6 Å². The van der Waals surface area contributed by atoms with Crippen molar-refractivity contribution < 1.29 is 4.42 Å². The van der Waals surface area contributed by atoms with Gasteiger partial charge in [-0.3, -0.25) is 4.98 Å². The zero-order valence-electron chi connectivity index (χ0n) is 14.4. The molecule has 4 rings (SSSR count).